The molecular weight excluding hydrogens is 494 g/mol. The van der Waals surface area contributed by atoms with E-state index in [4.69, 9.17) is 16.3 Å². The molecule has 0 radical (unpaired) electrons. The highest BCUT2D eigenvalue weighted by molar-refractivity contribution is 9.10. The summed E-state index contributed by atoms with van der Waals surface area (Å²) in [5.74, 6) is -0.623. The first kappa shape index (κ1) is 21.6. The zero-order chi connectivity index (χ0) is 22.7. The van der Waals surface area contributed by atoms with E-state index < -0.39 is 11.8 Å². The number of amides is 2. The number of para-hydroxylation sites is 1. The van der Waals surface area contributed by atoms with Crippen LogP contribution >= 0.6 is 27.5 Å². The molecule has 1 aliphatic heterocycles. The maximum Gasteiger partial charge on any atom is 0.282 e. The summed E-state index contributed by atoms with van der Waals surface area (Å²) in [6.07, 6.45) is 1.45. The zero-order valence-corrected chi connectivity index (χ0v) is 18.9. The molecule has 1 saturated heterocycles. The van der Waals surface area contributed by atoms with Gasteiger partial charge >= 0.3 is 0 Å². The van der Waals surface area contributed by atoms with Crippen LogP contribution in [0.4, 0.5) is 5.69 Å². The molecule has 0 atom stereocenters. The lowest BCUT2D eigenvalue weighted by Gasteiger charge is -2.14. The van der Waals surface area contributed by atoms with E-state index in [0.29, 0.717) is 37.6 Å². The maximum atomic E-state index is 12.9. The Labute approximate surface area is 197 Å². The number of nitrogens with one attached hydrogen (secondary N) is 1. The molecule has 0 aromatic heterocycles. The van der Waals surface area contributed by atoms with Crippen LogP contribution in [0.2, 0.25) is 5.02 Å². The molecule has 4 rings (SSSR count). The monoisotopic (exact) mass is 507 g/mol. The third-order valence-electron chi connectivity index (χ3n) is 4.75. The van der Waals surface area contributed by atoms with Gasteiger partial charge in [-0.15, -0.1) is 0 Å². The predicted octanol–water partition coefficient (Wildman–Crippen LogP) is 5.01. The van der Waals surface area contributed by atoms with Crippen LogP contribution in [0.1, 0.15) is 16.7 Å². The second-order valence-corrected chi connectivity index (χ2v) is 8.13. The molecule has 32 heavy (non-hydrogen) atoms. The lowest BCUT2D eigenvalue weighted by atomic mass is 10.1. The van der Waals surface area contributed by atoms with Crippen LogP contribution in [0.25, 0.3) is 6.08 Å². The predicted molar refractivity (Wildman–Crippen MR) is 125 cm³/mol. The fraction of sp³-hybridized carbons (Fsp3) is 0.0417. The number of benzene rings is 3. The van der Waals surface area contributed by atoms with Gasteiger partial charge in [-0.2, -0.15) is 5.26 Å². The fourth-order valence-corrected chi connectivity index (χ4v) is 4.17. The molecule has 8 heteroatoms. The van der Waals surface area contributed by atoms with Gasteiger partial charge in [0.25, 0.3) is 11.8 Å². The molecule has 1 aliphatic rings. The van der Waals surface area contributed by atoms with Crippen LogP contribution in [0, 0.1) is 11.3 Å². The smallest absolute Gasteiger partial charge is 0.282 e. The molecule has 0 aliphatic carbocycles. The van der Waals surface area contributed by atoms with Crippen LogP contribution in [-0.4, -0.2) is 11.8 Å². The minimum atomic E-state index is -0.532. The Bertz CT molecular complexity index is 1290. The SMILES string of the molecule is N#Cc1ccccc1COc1c(Br)cc(Cl)cc1/C=C1/C(=O)NN(c2ccccc2)C1=O. The first-order valence-corrected chi connectivity index (χ1v) is 10.7. The standard InChI is InChI=1S/C24H15BrClN3O3/c25-21-12-18(26)10-17(22(21)32-14-16-7-5-4-6-15(16)13-27)11-20-23(30)28-29(24(20)31)19-8-2-1-3-9-19/h1-12H,14H2,(H,28,30)/b20-11-. The summed E-state index contributed by atoms with van der Waals surface area (Å²) in [6.45, 7) is 0.121. The average Bonchev–Trinajstić information content (AvgIpc) is 3.07. The van der Waals surface area contributed by atoms with Gasteiger partial charge in [0.2, 0.25) is 0 Å². The van der Waals surface area contributed by atoms with Crippen LogP contribution < -0.4 is 15.2 Å². The van der Waals surface area contributed by atoms with Crippen molar-refractivity contribution in [2.45, 2.75) is 6.61 Å². The number of hydrogen-bond acceptors (Lipinski definition) is 4. The van der Waals surface area contributed by atoms with E-state index in [1.165, 1.54) is 11.1 Å². The summed E-state index contributed by atoms with van der Waals surface area (Å²) < 4.78 is 6.54. The molecule has 1 heterocycles. The topological polar surface area (TPSA) is 82.4 Å². The summed E-state index contributed by atoms with van der Waals surface area (Å²) in [6, 6.07) is 21.3. The van der Waals surface area contributed by atoms with Gasteiger partial charge < -0.3 is 4.74 Å². The average molecular weight is 509 g/mol. The minimum Gasteiger partial charge on any atom is -0.487 e. The molecule has 2 amide bonds. The number of carbonyl (C=O) groups is 2. The number of halogens is 2. The zero-order valence-electron chi connectivity index (χ0n) is 16.5. The Morgan fingerprint density at radius 2 is 1.81 bits per heavy atom. The van der Waals surface area contributed by atoms with E-state index >= 15 is 0 Å². The maximum absolute atomic E-state index is 12.9. The highest BCUT2D eigenvalue weighted by Crippen LogP contribution is 2.35. The van der Waals surface area contributed by atoms with Crippen molar-refractivity contribution in [2.24, 2.45) is 0 Å². The first-order valence-electron chi connectivity index (χ1n) is 9.50. The molecule has 3 aromatic carbocycles. The van der Waals surface area contributed by atoms with Crippen molar-refractivity contribution in [1.29, 1.82) is 5.26 Å². The van der Waals surface area contributed by atoms with Crippen molar-refractivity contribution in [3.05, 3.63) is 98.5 Å². The van der Waals surface area contributed by atoms with Crippen LogP contribution in [-0.2, 0) is 16.2 Å². The van der Waals surface area contributed by atoms with Crippen LogP contribution in [0.15, 0.2) is 76.8 Å². The van der Waals surface area contributed by atoms with Gasteiger partial charge in [-0.3, -0.25) is 15.0 Å². The first-order chi connectivity index (χ1) is 15.5. The molecule has 0 saturated carbocycles. The molecule has 6 nitrogen and oxygen atoms in total. The second-order valence-electron chi connectivity index (χ2n) is 6.84. The summed E-state index contributed by atoms with van der Waals surface area (Å²) in [7, 11) is 0. The fourth-order valence-electron chi connectivity index (χ4n) is 3.22. The quantitative estimate of drug-likeness (QED) is 0.388. The van der Waals surface area contributed by atoms with E-state index in [1.807, 2.05) is 12.1 Å². The molecular formula is C24H15BrClN3O3. The van der Waals surface area contributed by atoms with Gasteiger partial charge in [0, 0.05) is 16.1 Å². The number of hydrazine groups is 1. The Kier molecular flexibility index (Phi) is 6.26. The number of nitriles is 1. The third kappa shape index (κ3) is 4.37. The van der Waals surface area contributed by atoms with Crippen molar-refractivity contribution in [1.82, 2.24) is 5.43 Å². The van der Waals surface area contributed by atoms with E-state index in [0.717, 1.165) is 0 Å². The second kappa shape index (κ2) is 9.27. The summed E-state index contributed by atoms with van der Waals surface area (Å²) in [5.41, 5.74) is 4.72. The Morgan fingerprint density at radius 3 is 2.56 bits per heavy atom. The molecule has 0 bridgehead atoms. The van der Waals surface area contributed by atoms with Gasteiger partial charge in [0.05, 0.1) is 21.8 Å². The van der Waals surface area contributed by atoms with Gasteiger partial charge in [-0.05, 0) is 52.3 Å². The third-order valence-corrected chi connectivity index (χ3v) is 5.56. The number of rotatable bonds is 5. The van der Waals surface area contributed by atoms with E-state index in [-0.39, 0.29) is 12.2 Å². The number of hydrogen-bond donors (Lipinski definition) is 1. The highest BCUT2D eigenvalue weighted by Gasteiger charge is 2.34. The lowest BCUT2D eigenvalue weighted by molar-refractivity contribution is -0.117. The molecule has 0 spiro atoms. The normalized spacial score (nSPS) is 14.4. The number of nitrogens with zero attached hydrogens (tertiary/aromatic N) is 2. The van der Waals surface area contributed by atoms with Crippen LogP contribution in [0.3, 0.4) is 0 Å². The van der Waals surface area contributed by atoms with E-state index in [2.05, 4.69) is 27.4 Å². The van der Waals surface area contributed by atoms with Gasteiger partial charge in [-0.25, -0.2) is 5.01 Å². The van der Waals surface area contributed by atoms with Gasteiger partial charge in [-0.1, -0.05) is 48.0 Å². The Balaban J connectivity index is 1.68. The summed E-state index contributed by atoms with van der Waals surface area (Å²) in [5, 5.41) is 10.9. The number of ether oxygens (including phenoxy) is 1. The lowest BCUT2D eigenvalue weighted by Crippen LogP contribution is -2.35. The van der Waals surface area contributed by atoms with Crippen molar-refractivity contribution < 1.29 is 14.3 Å². The van der Waals surface area contributed by atoms with Crippen molar-refractivity contribution in [2.75, 3.05) is 5.01 Å². The van der Waals surface area contributed by atoms with E-state index in [1.54, 1.807) is 54.6 Å². The van der Waals surface area contributed by atoms with E-state index in [9.17, 15) is 14.9 Å². The number of carbonyl (C=O) groups excluding carboxylic acids is 2. The summed E-state index contributed by atoms with van der Waals surface area (Å²) in [4.78, 5) is 25.5. The van der Waals surface area contributed by atoms with Gasteiger partial charge in [0.15, 0.2) is 0 Å². The molecule has 0 unspecified atom stereocenters. The van der Waals surface area contributed by atoms with Gasteiger partial charge in [0.1, 0.15) is 17.9 Å². The summed E-state index contributed by atoms with van der Waals surface area (Å²) >= 11 is 9.65. The Morgan fingerprint density at radius 1 is 1.09 bits per heavy atom. The minimum absolute atomic E-state index is 0.0507. The highest BCUT2D eigenvalue weighted by atomic mass is 79.9. The van der Waals surface area contributed by atoms with Crippen molar-refractivity contribution in [3.63, 3.8) is 0 Å². The Hall–Kier alpha value is -3.60. The van der Waals surface area contributed by atoms with Crippen LogP contribution in [0.5, 0.6) is 5.75 Å². The molecule has 158 valence electrons. The number of anilines is 1. The largest absolute Gasteiger partial charge is 0.487 e. The van der Waals surface area contributed by atoms with Crippen molar-refractivity contribution >= 4 is 51.1 Å². The molecule has 1 N–H and O–H groups in total. The molecule has 1 fully saturated rings. The van der Waals surface area contributed by atoms with Crippen molar-refractivity contribution in [3.8, 4) is 11.8 Å². The molecule has 3 aromatic rings.